The van der Waals surface area contributed by atoms with Crippen molar-refractivity contribution >= 4 is 29.9 Å². The predicted molar refractivity (Wildman–Crippen MR) is 58.6 cm³/mol. The molecule has 0 aromatic heterocycles. The summed E-state index contributed by atoms with van der Waals surface area (Å²) in [7, 11) is 0. The number of hydrogen-bond donors (Lipinski definition) is 2. The van der Waals surface area contributed by atoms with Crippen LogP contribution in [0.25, 0.3) is 0 Å². The lowest BCUT2D eigenvalue weighted by Gasteiger charge is -2.03. The summed E-state index contributed by atoms with van der Waals surface area (Å²) in [5.41, 5.74) is 5.38. The standard InChI is InChI=1S/C7H13F2N3.HI/c1-2-11-7(10)12-5-3-4(5)6(8)9;/h4-6H,2-3H2,1H3,(H3,10,11,12);1H/t4-,5-;/m0./s1. The summed E-state index contributed by atoms with van der Waals surface area (Å²) in [6.45, 7) is 2.41. The fraction of sp³-hybridized carbons (Fsp3) is 0.857. The Bertz CT molecular complexity index is 187. The van der Waals surface area contributed by atoms with Crippen molar-refractivity contribution in [2.24, 2.45) is 16.6 Å². The summed E-state index contributed by atoms with van der Waals surface area (Å²) in [5, 5.41) is 2.73. The van der Waals surface area contributed by atoms with E-state index in [1.54, 1.807) is 0 Å². The third-order valence-electron chi connectivity index (χ3n) is 1.83. The number of nitrogens with one attached hydrogen (secondary N) is 1. The van der Waals surface area contributed by atoms with Crippen molar-refractivity contribution in [3.8, 4) is 0 Å². The number of halogens is 3. The molecule has 0 aromatic rings. The van der Waals surface area contributed by atoms with E-state index < -0.39 is 12.3 Å². The fourth-order valence-electron chi connectivity index (χ4n) is 1.07. The summed E-state index contributed by atoms with van der Waals surface area (Å²) in [5.74, 6) is -0.263. The zero-order chi connectivity index (χ0) is 9.14. The van der Waals surface area contributed by atoms with Crippen molar-refractivity contribution < 1.29 is 8.78 Å². The molecule has 78 valence electrons. The molecular formula is C7H14F2IN3. The van der Waals surface area contributed by atoms with Crippen molar-refractivity contribution in [2.75, 3.05) is 6.54 Å². The second-order valence-electron chi connectivity index (χ2n) is 2.84. The van der Waals surface area contributed by atoms with E-state index in [0.717, 1.165) is 0 Å². The van der Waals surface area contributed by atoms with Crippen LogP contribution >= 0.6 is 24.0 Å². The molecule has 0 amide bonds. The van der Waals surface area contributed by atoms with E-state index >= 15 is 0 Å². The van der Waals surface area contributed by atoms with E-state index in [4.69, 9.17) is 5.73 Å². The van der Waals surface area contributed by atoms with E-state index in [-0.39, 0.29) is 36.0 Å². The molecule has 0 unspecified atom stereocenters. The molecule has 0 spiro atoms. The second-order valence-corrected chi connectivity index (χ2v) is 2.84. The van der Waals surface area contributed by atoms with Gasteiger partial charge in [0.15, 0.2) is 5.96 Å². The molecule has 0 aliphatic heterocycles. The van der Waals surface area contributed by atoms with Gasteiger partial charge in [0.05, 0.1) is 0 Å². The molecule has 0 saturated heterocycles. The monoisotopic (exact) mass is 305 g/mol. The number of nitrogens with zero attached hydrogens (tertiary/aromatic N) is 1. The zero-order valence-corrected chi connectivity index (χ0v) is 9.67. The third-order valence-corrected chi connectivity index (χ3v) is 1.83. The van der Waals surface area contributed by atoms with Gasteiger partial charge in [-0.1, -0.05) is 0 Å². The molecule has 0 radical (unpaired) electrons. The molecule has 1 rings (SSSR count). The van der Waals surface area contributed by atoms with Gasteiger partial charge in [0.2, 0.25) is 6.43 Å². The number of alkyl halides is 2. The molecule has 13 heavy (non-hydrogen) atoms. The Hall–Kier alpha value is -0.140. The summed E-state index contributed by atoms with van der Waals surface area (Å²) in [6.07, 6.45) is -1.74. The number of guanidine groups is 1. The summed E-state index contributed by atoms with van der Waals surface area (Å²) >= 11 is 0. The van der Waals surface area contributed by atoms with Gasteiger partial charge in [-0.05, 0) is 13.3 Å². The Balaban J connectivity index is 0.00000144. The molecule has 2 atom stereocenters. The maximum Gasteiger partial charge on any atom is 0.243 e. The van der Waals surface area contributed by atoms with E-state index in [2.05, 4.69) is 10.3 Å². The Kier molecular flexibility index (Phi) is 5.50. The first-order valence-electron chi connectivity index (χ1n) is 3.99. The zero-order valence-electron chi connectivity index (χ0n) is 7.34. The fourth-order valence-corrected chi connectivity index (χ4v) is 1.07. The SMILES string of the molecule is CCN=C(N)N[C@H]1C[C@@H]1C(F)F.I. The Morgan fingerprint density at radius 1 is 1.69 bits per heavy atom. The minimum atomic E-state index is -2.24. The van der Waals surface area contributed by atoms with Crippen LogP contribution in [0.5, 0.6) is 0 Å². The van der Waals surface area contributed by atoms with Crippen LogP contribution in [-0.4, -0.2) is 25.0 Å². The summed E-state index contributed by atoms with van der Waals surface area (Å²) in [6, 6.07) is -0.166. The summed E-state index contributed by atoms with van der Waals surface area (Å²) < 4.78 is 24.0. The molecular weight excluding hydrogens is 291 g/mol. The van der Waals surface area contributed by atoms with Crippen LogP contribution in [0.2, 0.25) is 0 Å². The van der Waals surface area contributed by atoms with E-state index in [1.165, 1.54) is 0 Å². The largest absolute Gasteiger partial charge is 0.370 e. The van der Waals surface area contributed by atoms with Gasteiger partial charge in [-0.15, -0.1) is 24.0 Å². The van der Waals surface area contributed by atoms with Gasteiger partial charge in [-0.2, -0.15) is 0 Å². The van der Waals surface area contributed by atoms with Gasteiger partial charge < -0.3 is 11.1 Å². The average Bonchev–Trinajstić information content (AvgIpc) is 2.67. The molecule has 3 nitrogen and oxygen atoms in total. The smallest absolute Gasteiger partial charge is 0.243 e. The molecule has 0 bridgehead atoms. The first kappa shape index (κ1) is 12.9. The van der Waals surface area contributed by atoms with Crippen LogP contribution in [0, 0.1) is 5.92 Å². The molecule has 1 aliphatic rings. The van der Waals surface area contributed by atoms with E-state index in [9.17, 15) is 8.78 Å². The Morgan fingerprint density at radius 3 is 2.69 bits per heavy atom. The molecule has 0 aromatic carbocycles. The van der Waals surface area contributed by atoms with E-state index in [1.807, 2.05) is 6.92 Å². The first-order chi connectivity index (χ1) is 5.65. The Labute approximate surface area is 93.2 Å². The molecule has 1 saturated carbocycles. The molecule has 0 heterocycles. The van der Waals surface area contributed by atoms with Crippen LogP contribution in [0.4, 0.5) is 8.78 Å². The minimum absolute atomic E-state index is 0. The summed E-state index contributed by atoms with van der Waals surface area (Å²) in [4.78, 5) is 3.84. The van der Waals surface area contributed by atoms with Gasteiger partial charge in [0.1, 0.15) is 0 Å². The van der Waals surface area contributed by atoms with Gasteiger partial charge in [0.25, 0.3) is 0 Å². The normalized spacial score (nSPS) is 26.9. The lowest BCUT2D eigenvalue weighted by Crippen LogP contribution is -2.34. The number of nitrogens with two attached hydrogens (primary N) is 1. The van der Waals surface area contributed by atoms with E-state index in [0.29, 0.717) is 13.0 Å². The van der Waals surface area contributed by atoms with Crippen LogP contribution in [0.15, 0.2) is 4.99 Å². The van der Waals surface area contributed by atoms with Crippen LogP contribution in [0.1, 0.15) is 13.3 Å². The quantitative estimate of drug-likeness (QED) is 0.467. The highest BCUT2D eigenvalue weighted by atomic mass is 127. The van der Waals surface area contributed by atoms with Crippen molar-refractivity contribution in [1.82, 2.24) is 5.32 Å². The highest BCUT2D eigenvalue weighted by molar-refractivity contribution is 14.0. The molecule has 6 heteroatoms. The molecule has 1 aliphatic carbocycles. The highest BCUT2D eigenvalue weighted by Crippen LogP contribution is 2.35. The number of rotatable bonds is 3. The lowest BCUT2D eigenvalue weighted by molar-refractivity contribution is 0.120. The van der Waals surface area contributed by atoms with Gasteiger partial charge in [0, 0.05) is 18.5 Å². The van der Waals surface area contributed by atoms with Crippen LogP contribution < -0.4 is 11.1 Å². The van der Waals surface area contributed by atoms with Crippen LogP contribution in [-0.2, 0) is 0 Å². The van der Waals surface area contributed by atoms with Gasteiger partial charge in [-0.25, -0.2) is 8.78 Å². The molecule has 3 N–H and O–H groups in total. The highest BCUT2D eigenvalue weighted by Gasteiger charge is 2.44. The lowest BCUT2D eigenvalue weighted by atomic mass is 10.4. The minimum Gasteiger partial charge on any atom is -0.370 e. The second kappa shape index (κ2) is 5.56. The van der Waals surface area contributed by atoms with Crippen molar-refractivity contribution in [3.05, 3.63) is 0 Å². The number of hydrogen-bond acceptors (Lipinski definition) is 1. The maximum atomic E-state index is 12.0. The number of aliphatic imine (C=N–C) groups is 1. The van der Waals surface area contributed by atoms with Crippen molar-refractivity contribution in [2.45, 2.75) is 25.8 Å². The Morgan fingerprint density at radius 2 is 2.31 bits per heavy atom. The first-order valence-corrected chi connectivity index (χ1v) is 3.99. The predicted octanol–water partition coefficient (Wildman–Crippen LogP) is 1.18. The molecule has 1 fully saturated rings. The average molecular weight is 305 g/mol. The maximum absolute atomic E-state index is 12.0. The van der Waals surface area contributed by atoms with Gasteiger partial charge >= 0.3 is 0 Å². The van der Waals surface area contributed by atoms with Gasteiger partial charge in [-0.3, -0.25) is 4.99 Å². The van der Waals surface area contributed by atoms with Crippen LogP contribution in [0.3, 0.4) is 0 Å². The third kappa shape index (κ3) is 4.06. The van der Waals surface area contributed by atoms with Crippen molar-refractivity contribution in [3.63, 3.8) is 0 Å². The van der Waals surface area contributed by atoms with Crippen molar-refractivity contribution in [1.29, 1.82) is 0 Å². The topological polar surface area (TPSA) is 50.4 Å².